The molecule has 2 aliphatic rings. The van der Waals surface area contributed by atoms with E-state index < -0.39 is 0 Å². The number of morpholine rings is 1. The number of methoxy groups -OCH3 is 2. The number of nitrogens with one attached hydrogen (secondary N) is 2. The number of hydrogen-bond donors (Lipinski definition) is 2. The molecule has 2 aliphatic heterocycles. The van der Waals surface area contributed by atoms with Gasteiger partial charge in [0.25, 0.3) is 0 Å². The van der Waals surface area contributed by atoms with E-state index in [1.165, 1.54) is 5.56 Å². The summed E-state index contributed by atoms with van der Waals surface area (Å²) in [5, 5.41) is 7.11. The van der Waals surface area contributed by atoms with Crippen molar-refractivity contribution in [3.05, 3.63) is 23.8 Å². The van der Waals surface area contributed by atoms with Gasteiger partial charge in [-0.15, -0.1) is 24.0 Å². The molecular formula is C23H40IN5O3. The van der Waals surface area contributed by atoms with Crippen LogP contribution in [0.15, 0.2) is 23.2 Å². The molecule has 0 spiro atoms. The summed E-state index contributed by atoms with van der Waals surface area (Å²) in [6, 6.07) is 6.47. The quantitative estimate of drug-likeness (QED) is 0.272. The van der Waals surface area contributed by atoms with Gasteiger partial charge in [0.1, 0.15) is 11.5 Å². The van der Waals surface area contributed by atoms with E-state index in [0.29, 0.717) is 12.0 Å². The van der Waals surface area contributed by atoms with Gasteiger partial charge in [0.2, 0.25) is 0 Å². The first-order valence-electron chi connectivity index (χ1n) is 11.3. The maximum Gasteiger partial charge on any atom is 0.191 e. The zero-order valence-corrected chi connectivity index (χ0v) is 22.3. The number of likely N-dealkylation sites (tertiary alicyclic amines) is 1. The molecule has 0 aromatic heterocycles. The maximum absolute atomic E-state index is 5.44. The molecule has 2 heterocycles. The Hall–Kier alpha value is -1.30. The highest BCUT2D eigenvalue weighted by Crippen LogP contribution is 2.24. The summed E-state index contributed by atoms with van der Waals surface area (Å²) in [6.45, 7) is 11.0. The Bertz CT molecular complexity index is 693. The van der Waals surface area contributed by atoms with Crippen molar-refractivity contribution in [3.8, 4) is 11.5 Å². The molecule has 0 radical (unpaired) electrons. The Morgan fingerprint density at radius 1 is 1.12 bits per heavy atom. The molecule has 1 aromatic rings. The topological polar surface area (TPSA) is 70.6 Å². The van der Waals surface area contributed by atoms with Crippen LogP contribution in [0.5, 0.6) is 11.5 Å². The fourth-order valence-corrected chi connectivity index (χ4v) is 4.26. The first-order valence-corrected chi connectivity index (χ1v) is 11.3. The van der Waals surface area contributed by atoms with Crippen LogP contribution >= 0.6 is 24.0 Å². The molecule has 9 heteroatoms. The highest BCUT2D eigenvalue weighted by molar-refractivity contribution is 14.0. The zero-order valence-electron chi connectivity index (χ0n) is 19.9. The van der Waals surface area contributed by atoms with Crippen molar-refractivity contribution < 1.29 is 14.2 Å². The molecule has 0 bridgehead atoms. The van der Waals surface area contributed by atoms with E-state index in [1.54, 1.807) is 14.2 Å². The minimum Gasteiger partial charge on any atom is -0.497 e. The van der Waals surface area contributed by atoms with Gasteiger partial charge in [-0.05, 0) is 30.0 Å². The summed E-state index contributed by atoms with van der Waals surface area (Å²) in [5.74, 6) is 3.11. The number of ether oxygens (including phenoxy) is 3. The lowest BCUT2D eigenvalue weighted by atomic mass is 10.1. The van der Waals surface area contributed by atoms with Gasteiger partial charge in [0.15, 0.2) is 5.96 Å². The molecule has 2 atom stereocenters. The second-order valence-corrected chi connectivity index (χ2v) is 8.56. The lowest BCUT2D eigenvalue weighted by molar-refractivity contribution is 0.0320. The van der Waals surface area contributed by atoms with Crippen LogP contribution < -0.4 is 20.1 Å². The smallest absolute Gasteiger partial charge is 0.191 e. The largest absolute Gasteiger partial charge is 0.497 e. The predicted molar refractivity (Wildman–Crippen MR) is 140 cm³/mol. The van der Waals surface area contributed by atoms with Crippen LogP contribution in [0.25, 0.3) is 0 Å². The van der Waals surface area contributed by atoms with E-state index in [4.69, 9.17) is 14.2 Å². The number of rotatable bonds is 9. The first kappa shape index (κ1) is 26.9. The number of hydrogen-bond acceptors (Lipinski definition) is 6. The van der Waals surface area contributed by atoms with Crippen molar-refractivity contribution in [2.45, 2.75) is 25.9 Å². The van der Waals surface area contributed by atoms with Crippen LogP contribution in [0.4, 0.5) is 0 Å². The van der Waals surface area contributed by atoms with E-state index in [2.05, 4.69) is 44.5 Å². The van der Waals surface area contributed by atoms with Gasteiger partial charge in [0, 0.05) is 65.0 Å². The molecule has 3 rings (SSSR count). The standard InChI is InChI=1S/C23H39N5O3.HI/c1-18(15-27-7-9-31-10-8-27)14-25-23(24-2)26-20-5-6-28(17-20)16-19-11-21(29-3)13-22(12-19)30-4;/h11-13,18,20H,5-10,14-17H2,1-4H3,(H2,24,25,26);1H. The lowest BCUT2D eigenvalue weighted by Gasteiger charge is -2.29. The second-order valence-electron chi connectivity index (χ2n) is 8.56. The summed E-state index contributed by atoms with van der Waals surface area (Å²) >= 11 is 0. The number of halogens is 1. The summed E-state index contributed by atoms with van der Waals surface area (Å²) in [6.07, 6.45) is 1.10. The van der Waals surface area contributed by atoms with Gasteiger partial charge in [-0.3, -0.25) is 14.8 Å². The van der Waals surface area contributed by atoms with Crippen LogP contribution in [-0.4, -0.2) is 95.6 Å². The van der Waals surface area contributed by atoms with Gasteiger partial charge in [-0.25, -0.2) is 0 Å². The molecule has 0 saturated carbocycles. The van der Waals surface area contributed by atoms with Gasteiger partial charge >= 0.3 is 0 Å². The average molecular weight is 562 g/mol. The third-order valence-corrected chi connectivity index (χ3v) is 5.95. The zero-order chi connectivity index (χ0) is 22.1. The van der Waals surface area contributed by atoms with Crippen LogP contribution in [0.3, 0.4) is 0 Å². The minimum absolute atomic E-state index is 0. The summed E-state index contributed by atoms with van der Waals surface area (Å²) in [5.41, 5.74) is 1.20. The second kappa shape index (κ2) is 14.1. The van der Waals surface area contributed by atoms with Crippen molar-refractivity contribution in [1.82, 2.24) is 20.4 Å². The summed E-state index contributed by atoms with van der Waals surface area (Å²) < 4.78 is 16.2. The monoisotopic (exact) mass is 561 g/mol. The SMILES string of the molecule is CN=C(NCC(C)CN1CCOCC1)NC1CCN(Cc2cc(OC)cc(OC)c2)C1.I. The normalized spacial score (nSPS) is 21.0. The van der Waals surface area contributed by atoms with Crippen molar-refractivity contribution in [2.75, 3.05) is 73.7 Å². The highest BCUT2D eigenvalue weighted by atomic mass is 127. The fraction of sp³-hybridized carbons (Fsp3) is 0.696. The third kappa shape index (κ3) is 8.57. The number of nitrogens with zero attached hydrogens (tertiary/aromatic N) is 3. The van der Waals surface area contributed by atoms with Crippen LogP contribution in [0.2, 0.25) is 0 Å². The molecule has 2 fully saturated rings. The van der Waals surface area contributed by atoms with Crippen molar-refractivity contribution in [3.63, 3.8) is 0 Å². The minimum atomic E-state index is 0. The van der Waals surface area contributed by atoms with Crippen LogP contribution in [0, 0.1) is 5.92 Å². The van der Waals surface area contributed by atoms with E-state index in [0.717, 1.165) is 82.9 Å². The molecule has 2 unspecified atom stereocenters. The Labute approximate surface area is 210 Å². The van der Waals surface area contributed by atoms with Gasteiger partial charge < -0.3 is 24.8 Å². The molecule has 0 amide bonds. The average Bonchev–Trinajstić information content (AvgIpc) is 3.23. The highest BCUT2D eigenvalue weighted by Gasteiger charge is 2.24. The molecule has 32 heavy (non-hydrogen) atoms. The van der Waals surface area contributed by atoms with Gasteiger partial charge in [0.05, 0.1) is 27.4 Å². The van der Waals surface area contributed by atoms with E-state index >= 15 is 0 Å². The number of benzene rings is 1. The summed E-state index contributed by atoms with van der Waals surface area (Å²) in [4.78, 5) is 9.37. The molecule has 0 aliphatic carbocycles. The Morgan fingerprint density at radius 3 is 2.44 bits per heavy atom. The molecule has 8 nitrogen and oxygen atoms in total. The third-order valence-electron chi connectivity index (χ3n) is 5.95. The fourth-order valence-electron chi connectivity index (χ4n) is 4.26. The Kier molecular flexibility index (Phi) is 11.8. The van der Waals surface area contributed by atoms with Crippen molar-refractivity contribution in [2.24, 2.45) is 10.9 Å². The van der Waals surface area contributed by atoms with Crippen LogP contribution in [0.1, 0.15) is 18.9 Å². The molecular weight excluding hydrogens is 521 g/mol. The number of aliphatic imine (C=N–C) groups is 1. The number of guanidine groups is 1. The van der Waals surface area contributed by atoms with Crippen LogP contribution in [-0.2, 0) is 11.3 Å². The van der Waals surface area contributed by atoms with Gasteiger partial charge in [-0.1, -0.05) is 6.92 Å². The Balaban J connectivity index is 0.00000363. The first-order chi connectivity index (χ1) is 15.1. The summed E-state index contributed by atoms with van der Waals surface area (Å²) in [7, 11) is 5.22. The van der Waals surface area contributed by atoms with E-state index in [9.17, 15) is 0 Å². The van der Waals surface area contributed by atoms with E-state index in [1.807, 2.05) is 13.1 Å². The predicted octanol–water partition coefficient (Wildman–Crippen LogP) is 2.03. The molecule has 1 aromatic carbocycles. The van der Waals surface area contributed by atoms with Crippen molar-refractivity contribution in [1.29, 1.82) is 0 Å². The molecule has 182 valence electrons. The van der Waals surface area contributed by atoms with Crippen molar-refractivity contribution >= 4 is 29.9 Å². The molecule has 2 N–H and O–H groups in total. The molecule has 2 saturated heterocycles. The van der Waals surface area contributed by atoms with E-state index in [-0.39, 0.29) is 24.0 Å². The lowest BCUT2D eigenvalue weighted by Crippen LogP contribution is -2.47. The Morgan fingerprint density at radius 2 is 1.81 bits per heavy atom. The van der Waals surface area contributed by atoms with Gasteiger partial charge in [-0.2, -0.15) is 0 Å². The maximum atomic E-state index is 5.44.